The second-order valence-electron chi connectivity index (χ2n) is 4.34. The number of hydrogen-bond acceptors (Lipinski definition) is 2. The molecule has 0 bridgehead atoms. The lowest BCUT2D eigenvalue weighted by atomic mass is 10.1. The first-order chi connectivity index (χ1) is 6.50. The molecule has 0 aromatic carbocycles. The summed E-state index contributed by atoms with van der Waals surface area (Å²) < 4.78 is 1.34. The maximum Gasteiger partial charge on any atom is 0.0784 e. The Hall–Kier alpha value is -0.570. The molecule has 0 radical (unpaired) electrons. The standard InChI is InChI=1S/C9H20N.C2H4O2/c1-3-7-10(2)8-5-4-6-9-10;1-2(3)4/h3-9H2,1-2H3;1H3,(H,3,4)/q+1;/p-1. The molecule has 1 aliphatic rings. The van der Waals surface area contributed by atoms with Crippen molar-refractivity contribution in [3.8, 4) is 0 Å². The molecular weight excluding hydrogens is 178 g/mol. The van der Waals surface area contributed by atoms with Gasteiger partial charge in [-0.2, -0.15) is 0 Å². The maximum atomic E-state index is 8.89. The summed E-state index contributed by atoms with van der Waals surface area (Å²) in [5.74, 6) is -1.08. The van der Waals surface area contributed by atoms with E-state index in [2.05, 4.69) is 14.0 Å². The number of carboxylic acid groups (broad SMARTS) is 1. The number of carbonyl (C=O) groups is 1. The molecule has 0 N–H and O–H groups in total. The van der Waals surface area contributed by atoms with E-state index in [4.69, 9.17) is 9.90 Å². The van der Waals surface area contributed by atoms with Crippen molar-refractivity contribution in [2.45, 2.75) is 39.5 Å². The van der Waals surface area contributed by atoms with Gasteiger partial charge in [0.2, 0.25) is 0 Å². The van der Waals surface area contributed by atoms with Crippen LogP contribution in [0.4, 0.5) is 0 Å². The summed E-state index contributed by atoms with van der Waals surface area (Å²) in [5, 5.41) is 8.89. The first-order valence-corrected chi connectivity index (χ1v) is 5.51. The van der Waals surface area contributed by atoms with E-state index in [9.17, 15) is 0 Å². The molecule has 0 saturated carbocycles. The van der Waals surface area contributed by atoms with E-state index in [1.54, 1.807) is 0 Å². The predicted octanol–water partition coefficient (Wildman–Crippen LogP) is 0.783. The van der Waals surface area contributed by atoms with Crippen molar-refractivity contribution in [1.29, 1.82) is 0 Å². The van der Waals surface area contributed by atoms with Crippen LogP contribution >= 0.6 is 0 Å². The summed E-state index contributed by atoms with van der Waals surface area (Å²) in [6.07, 6.45) is 5.72. The minimum Gasteiger partial charge on any atom is -0.550 e. The van der Waals surface area contributed by atoms with Crippen LogP contribution in [0.5, 0.6) is 0 Å². The topological polar surface area (TPSA) is 40.1 Å². The van der Waals surface area contributed by atoms with Gasteiger partial charge in [0.1, 0.15) is 0 Å². The van der Waals surface area contributed by atoms with Crippen molar-refractivity contribution in [2.24, 2.45) is 0 Å². The van der Waals surface area contributed by atoms with Gasteiger partial charge in [-0.25, -0.2) is 0 Å². The number of nitrogens with zero attached hydrogens (tertiary/aromatic N) is 1. The maximum absolute atomic E-state index is 8.89. The van der Waals surface area contributed by atoms with Gasteiger partial charge in [0.05, 0.1) is 26.7 Å². The Morgan fingerprint density at radius 3 is 2.07 bits per heavy atom. The smallest absolute Gasteiger partial charge is 0.0784 e. The largest absolute Gasteiger partial charge is 0.550 e. The van der Waals surface area contributed by atoms with E-state index in [1.807, 2.05) is 0 Å². The van der Waals surface area contributed by atoms with Gasteiger partial charge in [0.15, 0.2) is 0 Å². The number of carbonyl (C=O) groups excluding carboxylic acids is 1. The first-order valence-electron chi connectivity index (χ1n) is 5.51. The van der Waals surface area contributed by atoms with E-state index in [1.165, 1.54) is 49.8 Å². The monoisotopic (exact) mass is 201 g/mol. The molecule has 1 heterocycles. The quantitative estimate of drug-likeness (QED) is 0.619. The van der Waals surface area contributed by atoms with Crippen molar-refractivity contribution in [3.63, 3.8) is 0 Å². The summed E-state index contributed by atoms with van der Waals surface area (Å²) in [4.78, 5) is 8.89. The zero-order valence-electron chi connectivity index (χ0n) is 9.71. The number of aliphatic carboxylic acids is 1. The van der Waals surface area contributed by atoms with E-state index < -0.39 is 5.97 Å². The number of quaternary nitrogens is 1. The molecule has 1 aliphatic heterocycles. The second kappa shape index (κ2) is 6.82. The van der Waals surface area contributed by atoms with E-state index >= 15 is 0 Å². The Morgan fingerprint density at radius 2 is 1.71 bits per heavy atom. The average Bonchev–Trinajstić information content (AvgIpc) is 2.04. The van der Waals surface area contributed by atoms with Crippen LogP contribution in [0.15, 0.2) is 0 Å². The SMILES string of the molecule is CC(=O)[O-].CCC[N+]1(C)CCCCC1. The summed E-state index contributed by atoms with van der Waals surface area (Å²) >= 11 is 0. The summed E-state index contributed by atoms with van der Waals surface area (Å²) in [6.45, 7) is 7.50. The summed E-state index contributed by atoms with van der Waals surface area (Å²) in [7, 11) is 2.41. The fraction of sp³-hybridized carbons (Fsp3) is 0.909. The first kappa shape index (κ1) is 13.4. The van der Waals surface area contributed by atoms with Crippen molar-refractivity contribution in [3.05, 3.63) is 0 Å². The lowest BCUT2D eigenvalue weighted by molar-refractivity contribution is -0.914. The zero-order valence-corrected chi connectivity index (χ0v) is 9.71. The van der Waals surface area contributed by atoms with Crippen LogP contribution in [0.2, 0.25) is 0 Å². The highest BCUT2D eigenvalue weighted by Gasteiger charge is 2.22. The fourth-order valence-electron chi connectivity index (χ4n) is 2.04. The summed E-state index contributed by atoms with van der Waals surface area (Å²) in [5.41, 5.74) is 0. The van der Waals surface area contributed by atoms with Crippen LogP contribution in [0.3, 0.4) is 0 Å². The zero-order chi connectivity index (χ0) is 11.0. The Morgan fingerprint density at radius 1 is 1.29 bits per heavy atom. The molecule has 3 heteroatoms. The normalized spacial score (nSPS) is 19.4. The highest BCUT2D eigenvalue weighted by atomic mass is 16.4. The van der Waals surface area contributed by atoms with Crippen LogP contribution in [0, 0.1) is 0 Å². The lowest BCUT2D eigenvalue weighted by Gasteiger charge is -2.37. The van der Waals surface area contributed by atoms with Gasteiger partial charge in [-0.3, -0.25) is 0 Å². The molecule has 0 amide bonds. The highest BCUT2D eigenvalue weighted by molar-refractivity contribution is 5.60. The van der Waals surface area contributed by atoms with Crippen LogP contribution in [0.1, 0.15) is 39.5 Å². The van der Waals surface area contributed by atoms with Crippen molar-refractivity contribution >= 4 is 5.97 Å². The summed E-state index contributed by atoms with van der Waals surface area (Å²) in [6, 6.07) is 0. The number of carboxylic acids is 1. The van der Waals surface area contributed by atoms with Gasteiger partial charge in [-0.05, 0) is 32.6 Å². The van der Waals surface area contributed by atoms with Gasteiger partial charge in [-0.1, -0.05) is 6.92 Å². The van der Waals surface area contributed by atoms with E-state index in [0.717, 1.165) is 6.92 Å². The minimum absolute atomic E-state index is 0.972. The molecule has 0 spiro atoms. The van der Waals surface area contributed by atoms with Crippen LogP contribution in [0.25, 0.3) is 0 Å². The van der Waals surface area contributed by atoms with Crippen molar-refractivity contribution in [1.82, 2.24) is 0 Å². The molecule has 0 aromatic heterocycles. The third-order valence-electron chi connectivity index (χ3n) is 2.66. The molecule has 0 atom stereocenters. The van der Waals surface area contributed by atoms with Gasteiger partial charge in [0.25, 0.3) is 0 Å². The minimum atomic E-state index is -1.08. The average molecular weight is 201 g/mol. The molecule has 3 nitrogen and oxygen atoms in total. The molecule has 1 rings (SSSR count). The van der Waals surface area contributed by atoms with Crippen LogP contribution in [-0.2, 0) is 4.79 Å². The fourth-order valence-corrected chi connectivity index (χ4v) is 2.04. The third kappa shape index (κ3) is 6.89. The van der Waals surface area contributed by atoms with Crippen LogP contribution in [-0.4, -0.2) is 37.1 Å². The lowest BCUT2D eigenvalue weighted by Crippen LogP contribution is -2.48. The van der Waals surface area contributed by atoms with Gasteiger partial charge >= 0.3 is 0 Å². The van der Waals surface area contributed by atoms with E-state index in [-0.39, 0.29) is 0 Å². The molecule has 0 aromatic rings. The Labute approximate surface area is 87.3 Å². The molecule has 0 unspecified atom stereocenters. The third-order valence-corrected chi connectivity index (χ3v) is 2.66. The number of hydrogen-bond donors (Lipinski definition) is 0. The van der Waals surface area contributed by atoms with Gasteiger partial charge in [0, 0.05) is 5.97 Å². The van der Waals surface area contributed by atoms with E-state index in [0.29, 0.717) is 0 Å². The van der Waals surface area contributed by atoms with Crippen molar-refractivity contribution < 1.29 is 14.4 Å². The van der Waals surface area contributed by atoms with Gasteiger partial charge < -0.3 is 14.4 Å². The highest BCUT2D eigenvalue weighted by Crippen LogP contribution is 2.15. The molecule has 1 fully saturated rings. The molecule has 0 aliphatic carbocycles. The second-order valence-corrected chi connectivity index (χ2v) is 4.34. The predicted molar refractivity (Wildman–Crippen MR) is 55.6 cm³/mol. The molecule has 84 valence electrons. The van der Waals surface area contributed by atoms with Crippen LogP contribution < -0.4 is 5.11 Å². The van der Waals surface area contributed by atoms with Gasteiger partial charge in [-0.15, -0.1) is 0 Å². The van der Waals surface area contributed by atoms with Crippen molar-refractivity contribution in [2.75, 3.05) is 26.7 Å². The Kier molecular flexibility index (Phi) is 6.54. The molecule has 1 saturated heterocycles. The number of rotatable bonds is 2. The Balaban J connectivity index is 0.000000364. The number of likely N-dealkylation sites (tertiary alicyclic amines) is 1. The number of piperidine rings is 1. The molecular formula is C11H23NO2. The molecule has 14 heavy (non-hydrogen) atoms. The Bertz CT molecular complexity index is 153.